The van der Waals surface area contributed by atoms with Crippen LogP contribution in [0.15, 0.2) is 82.6 Å². The number of anilines is 2. The fourth-order valence-corrected chi connectivity index (χ4v) is 4.06. The van der Waals surface area contributed by atoms with Crippen LogP contribution >= 0.6 is 0 Å². The number of nitrogens with one attached hydrogen (secondary N) is 1. The summed E-state index contributed by atoms with van der Waals surface area (Å²) in [7, 11) is 0. The molecule has 2 heterocycles. The van der Waals surface area contributed by atoms with E-state index in [2.05, 4.69) is 4.98 Å². The zero-order valence-corrected chi connectivity index (χ0v) is 19.9. The van der Waals surface area contributed by atoms with Crippen molar-refractivity contribution in [3.05, 3.63) is 111 Å². The highest BCUT2D eigenvalue weighted by atomic mass is 16.2. The van der Waals surface area contributed by atoms with Crippen molar-refractivity contribution in [2.24, 2.45) is 0 Å². The second-order valence-electron chi connectivity index (χ2n) is 8.47. The van der Waals surface area contributed by atoms with Crippen LogP contribution in [0, 0.1) is 6.92 Å². The standard InChI is InChI=1S/C27H29N5O3/c1-3-4-16-31(26(34)21-13-12-19(2)22(17-21)30-14-8-9-15-30)23-24(28)32(27(35)29-25(23)33)18-20-10-6-5-7-11-20/h5-15,17H,3-4,16,18,28H2,1-2H3,(H,29,33,35). The first-order valence-corrected chi connectivity index (χ1v) is 11.6. The lowest BCUT2D eigenvalue weighted by Gasteiger charge is -2.25. The number of rotatable bonds is 8. The summed E-state index contributed by atoms with van der Waals surface area (Å²) in [5, 5.41) is 0. The number of hydrogen-bond donors (Lipinski definition) is 2. The summed E-state index contributed by atoms with van der Waals surface area (Å²) in [6.45, 7) is 4.44. The SMILES string of the molecule is CCCCN(C(=O)c1ccc(C)c(-n2cccc2)c1)c1c(N)n(Cc2ccccc2)c(=O)[nH]c1=O. The summed E-state index contributed by atoms with van der Waals surface area (Å²) in [6, 6.07) is 18.6. The second-order valence-corrected chi connectivity index (χ2v) is 8.47. The molecule has 0 aliphatic carbocycles. The molecule has 0 aliphatic heterocycles. The van der Waals surface area contributed by atoms with Gasteiger partial charge in [0, 0.05) is 30.2 Å². The molecule has 0 radical (unpaired) electrons. The Labute approximate surface area is 203 Å². The number of unbranched alkanes of at least 4 members (excludes halogenated alkanes) is 1. The van der Waals surface area contributed by atoms with Crippen LogP contribution in [0.25, 0.3) is 5.69 Å². The Hall–Kier alpha value is -4.33. The topological polar surface area (TPSA) is 106 Å². The number of carbonyl (C=O) groups is 1. The smallest absolute Gasteiger partial charge is 0.330 e. The van der Waals surface area contributed by atoms with Gasteiger partial charge in [-0.1, -0.05) is 49.7 Å². The minimum absolute atomic E-state index is 0.0120. The van der Waals surface area contributed by atoms with Crippen LogP contribution in [0.3, 0.4) is 0 Å². The van der Waals surface area contributed by atoms with Crippen LogP contribution in [0.5, 0.6) is 0 Å². The van der Waals surface area contributed by atoms with Crippen molar-refractivity contribution in [2.75, 3.05) is 17.2 Å². The average molecular weight is 472 g/mol. The van der Waals surface area contributed by atoms with Gasteiger partial charge in [0.05, 0.1) is 6.54 Å². The highest BCUT2D eigenvalue weighted by Gasteiger charge is 2.25. The van der Waals surface area contributed by atoms with Gasteiger partial charge in [-0.3, -0.25) is 19.1 Å². The molecular weight excluding hydrogens is 442 g/mol. The Morgan fingerprint density at radius 3 is 2.43 bits per heavy atom. The fourth-order valence-electron chi connectivity index (χ4n) is 4.06. The summed E-state index contributed by atoms with van der Waals surface area (Å²) >= 11 is 0. The molecule has 3 N–H and O–H groups in total. The van der Waals surface area contributed by atoms with Gasteiger partial charge in [0.15, 0.2) is 5.69 Å². The van der Waals surface area contributed by atoms with Crippen molar-refractivity contribution in [1.82, 2.24) is 14.1 Å². The van der Waals surface area contributed by atoms with E-state index in [-0.39, 0.29) is 24.0 Å². The Bertz CT molecular complexity index is 1440. The van der Waals surface area contributed by atoms with E-state index in [0.717, 1.165) is 23.2 Å². The van der Waals surface area contributed by atoms with Crippen molar-refractivity contribution in [2.45, 2.75) is 33.2 Å². The lowest BCUT2D eigenvalue weighted by Crippen LogP contribution is -2.41. The average Bonchev–Trinajstić information content (AvgIpc) is 3.39. The van der Waals surface area contributed by atoms with Crippen LogP contribution in [0.4, 0.5) is 11.5 Å². The van der Waals surface area contributed by atoms with Gasteiger partial charge in [-0.2, -0.15) is 0 Å². The molecule has 2 aromatic carbocycles. The molecule has 180 valence electrons. The predicted molar refractivity (Wildman–Crippen MR) is 138 cm³/mol. The van der Waals surface area contributed by atoms with Crippen molar-refractivity contribution < 1.29 is 4.79 Å². The zero-order chi connectivity index (χ0) is 24.9. The van der Waals surface area contributed by atoms with Gasteiger partial charge in [0.2, 0.25) is 0 Å². The highest BCUT2D eigenvalue weighted by molar-refractivity contribution is 6.07. The van der Waals surface area contributed by atoms with Gasteiger partial charge in [-0.15, -0.1) is 0 Å². The van der Waals surface area contributed by atoms with Gasteiger partial charge in [-0.25, -0.2) is 4.79 Å². The molecule has 0 fully saturated rings. The van der Waals surface area contributed by atoms with Gasteiger partial charge < -0.3 is 15.2 Å². The molecule has 0 aliphatic rings. The number of nitrogen functional groups attached to an aromatic ring is 1. The number of H-pyrrole nitrogens is 1. The fraction of sp³-hybridized carbons (Fsp3) is 0.222. The lowest BCUT2D eigenvalue weighted by molar-refractivity contribution is 0.0986. The zero-order valence-electron chi connectivity index (χ0n) is 19.9. The maximum absolute atomic E-state index is 13.8. The molecule has 0 atom stereocenters. The number of hydrogen-bond acceptors (Lipinski definition) is 4. The number of aromatic nitrogens is 3. The third-order valence-corrected chi connectivity index (χ3v) is 5.99. The third kappa shape index (κ3) is 4.96. The van der Waals surface area contributed by atoms with E-state index in [1.54, 1.807) is 12.1 Å². The molecule has 0 saturated heterocycles. The van der Waals surface area contributed by atoms with E-state index >= 15 is 0 Å². The minimum atomic E-state index is -0.681. The third-order valence-electron chi connectivity index (χ3n) is 5.99. The summed E-state index contributed by atoms with van der Waals surface area (Å²) in [4.78, 5) is 43.1. The van der Waals surface area contributed by atoms with Gasteiger partial charge >= 0.3 is 5.69 Å². The van der Waals surface area contributed by atoms with E-state index in [9.17, 15) is 14.4 Å². The molecule has 0 spiro atoms. The Balaban J connectivity index is 1.80. The van der Waals surface area contributed by atoms with E-state index in [1.165, 1.54) is 9.47 Å². The molecule has 8 nitrogen and oxygen atoms in total. The van der Waals surface area contributed by atoms with Crippen molar-refractivity contribution in [3.63, 3.8) is 0 Å². The monoisotopic (exact) mass is 471 g/mol. The maximum atomic E-state index is 13.8. The number of aromatic amines is 1. The summed E-state index contributed by atoms with van der Waals surface area (Å²) in [6.07, 6.45) is 5.30. The van der Waals surface area contributed by atoms with Gasteiger partial charge in [-0.05, 0) is 48.7 Å². The summed E-state index contributed by atoms with van der Waals surface area (Å²) in [5.74, 6) is -0.390. The van der Waals surface area contributed by atoms with E-state index in [0.29, 0.717) is 18.5 Å². The molecule has 8 heteroatoms. The number of nitrogens with zero attached hydrogens (tertiary/aromatic N) is 3. The van der Waals surface area contributed by atoms with Crippen LogP contribution in [0.2, 0.25) is 0 Å². The first kappa shape index (κ1) is 23.8. The molecule has 0 saturated carbocycles. The lowest BCUT2D eigenvalue weighted by atomic mass is 10.1. The van der Waals surface area contributed by atoms with Crippen molar-refractivity contribution in [1.29, 1.82) is 0 Å². The van der Waals surface area contributed by atoms with Crippen LogP contribution in [-0.4, -0.2) is 26.6 Å². The molecule has 4 rings (SSSR count). The number of amides is 1. The van der Waals surface area contributed by atoms with Gasteiger partial charge in [0.25, 0.3) is 11.5 Å². The van der Waals surface area contributed by atoms with Crippen molar-refractivity contribution >= 4 is 17.4 Å². The normalized spacial score (nSPS) is 10.9. The Morgan fingerprint density at radius 1 is 1.03 bits per heavy atom. The largest absolute Gasteiger partial charge is 0.383 e. The maximum Gasteiger partial charge on any atom is 0.330 e. The first-order valence-electron chi connectivity index (χ1n) is 11.6. The molecular formula is C27H29N5O3. The Morgan fingerprint density at radius 2 is 1.74 bits per heavy atom. The molecule has 2 aromatic heterocycles. The van der Waals surface area contributed by atoms with Crippen molar-refractivity contribution in [3.8, 4) is 5.69 Å². The Kier molecular flexibility index (Phi) is 7.01. The molecule has 4 aromatic rings. The number of benzene rings is 2. The number of nitrogens with two attached hydrogens (primary N) is 1. The minimum Gasteiger partial charge on any atom is -0.383 e. The highest BCUT2D eigenvalue weighted by Crippen LogP contribution is 2.23. The van der Waals surface area contributed by atoms with Crippen LogP contribution in [0.1, 0.15) is 41.3 Å². The van der Waals surface area contributed by atoms with Crippen LogP contribution < -0.4 is 21.9 Å². The first-order chi connectivity index (χ1) is 16.9. The van der Waals surface area contributed by atoms with E-state index in [1.807, 2.05) is 79.3 Å². The van der Waals surface area contributed by atoms with Crippen LogP contribution in [-0.2, 0) is 6.54 Å². The second kappa shape index (κ2) is 10.3. The molecule has 0 unspecified atom stereocenters. The van der Waals surface area contributed by atoms with E-state index < -0.39 is 11.2 Å². The molecule has 0 bridgehead atoms. The predicted octanol–water partition coefficient (Wildman–Crippen LogP) is 3.71. The number of aryl methyl sites for hydroxylation is 1. The molecule has 35 heavy (non-hydrogen) atoms. The van der Waals surface area contributed by atoms with Gasteiger partial charge in [0.1, 0.15) is 5.82 Å². The summed E-state index contributed by atoms with van der Waals surface area (Å²) < 4.78 is 3.22. The summed E-state index contributed by atoms with van der Waals surface area (Å²) in [5.41, 5.74) is 8.23. The quantitative estimate of drug-likeness (QED) is 0.409. The van der Waals surface area contributed by atoms with E-state index in [4.69, 9.17) is 5.73 Å². The number of carbonyl (C=O) groups excluding carboxylic acids is 1. The molecule has 1 amide bonds.